The minimum atomic E-state index is -0.685. The van der Waals surface area contributed by atoms with Gasteiger partial charge in [-0.1, -0.05) is 18.2 Å². The molecule has 4 rings (SSSR count). The SMILES string of the molecule is N/C(=C\N(N)CC1CC2(CO1)C(=O)Nc1ccccc12)c1ccc([N+](=O)[O-])cc1. The fraction of sp³-hybridized carbons (Fsp3) is 0.250. The van der Waals surface area contributed by atoms with Gasteiger partial charge in [0.25, 0.3) is 5.69 Å². The van der Waals surface area contributed by atoms with Crippen molar-refractivity contribution >= 4 is 23.0 Å². The number of hydrogen-bond acceptors (Lipinski definition) is 7. The van der Waals surface area contributed by atoms with Gasteiger partial charge >= 0.3 is 0 Å². The number of benzene rings is 2. The lowest BCUT2D eigenvalue weighted by Gasteiger charge is -2.21. The molecule has 1 saturated heterocycles. The number of nitrogens with two attached hydrogens (primary N) is 2. The fourth-order valence-corrected chi connectivity index (χ4v) is 3.92. The molecule has 2 aromatic carbocycles. The van der Waals surface area contributed by atoms with Crippen LogP contribution >= 0.6 is 0 Å². The number of hydrazine groups is 1. The van der Waals surface area contributed by atoms with Crippen molar-refractivity contribution in [1.29, 1.82) is 0 Å². The molecular weight excluding hydrogens is 374 g/mol. The summed E-state index contributed by atoms with van der Waals surface area (Å²) in [6.45, 7) is 0.654. The third-order valence-electron chi connectivity index (χ3n) is 5.40. The zero-order chi connectivity index (χ0) is 20.6. The molecular formula is C20H21N5O4. The smallest absolute Gasteiger partial charge is 0.269 e. The maximum absolute atomic E-state index is 12.6. The highest BCUT2D eigenvalue weighted by molar-refractivity contribution is 6.06. The maximum atomic E-state index is 12.6. The molecule has 2 unspecified atom stereocenters. The van der Waals surface area contributed by atoms with Gasteiger partial charge in [0.15, 0.2) is 0 Å². The summed E-state index contributed by atoms with van der Waals surface area (Å²) in [5.74, 6) is 6.02. The van der Waals surface area contributed by atoms with Crippen molar-refractivity contribution in [1.82, 2.24) is 5.01 Å². The molecule has 29 heavy (non-hydrogen) atoms. The lowest BCUT2D eigenvalue weighted by atomic mass is 9.79. The summed E-state index contributed by atoms with van der Waals surface area (Å²) < 4.78 is 5.89. The lowest BCUT2D eigenvalue weighted by Crippen LogP contribution is -2.37. The Balaban J connectivity index is 1.43. The number of para-hydroxylation sites is 1. The number of nitrogens with zero attached hydrogens (tertiary/aromatic N) is 2. The number of ether oxygens (including phenoxy) is 1. The number of fused-ring (bicyclic) bond motifs is 2. The quantitative estimate of drug-likeness (QED) is 0.398. The summed E-state index contributed by atoms with van der Waals surface area (Å²) in [7, 11) is 0. The van der Waals surface area contributed by atoms with Gasteiger partial charge in [-0.2, -0.15) is 0 Å². The molecule has 0 saturated carbocycles. The molecule has 1 spiro atoms. The number of nitro benzene ring substituents is 1. The number of carbonyl (C=O) groups excluding carboxylic acids is 1. The predicted octanol–water partition coefficient (Wildman–Crippen LogP) is 1.71. The van der Waals surface area contributed by atoms with Crippen molar-refractivity contribution in [2.45, 2.75) is 17.9 Å². The van der Waals surface area contributed by atoms with Gasteiger partial charge in [-0.3, -0.25) is 14.9 Å². The van der Waals surface area contributed by atoms with Crippen LogP contribution in [0.15, 0.2) is 54.7 Å². The minimum Gasteiger partial charge on any atom is -0.397 e. The molecule has 1 fully saturated rings. The molecule has 5 N–H and O–H groups in total. The molecule has 150 valence electrons. The topological polar surface area (TPSA) is 137 Å². The number of carbonyl (C=O) groups is 1. The van der Waals surface area contributed by atoms with Gasteiger partial charge in [0.05, 0.1) is 29.9 Å². The van der Waals surface area contributed by atoms with Crippen molar-refractivity contribution < 1.29 is 14.5 Å². The molecule has 9 nitrogen and oxygen atoms in total. The number of amides is 1. The highest BCUT2D eigenvalue weighted by Crippen LogP contribution is 2.45. The number of non-ortho nitro benzene ring substituents is 1. The summed E-state index contributed by atoms with van der Waals surface area (Å²) in [5, 5.41) is 15.1. The van der Waals surface area contributed by atoms with Gasteiger partial charge in [0.2, 0.25) is 5.91 Å². The van der Waals surface area contributed by atoms with E-state index in [-0.39, 0.29) is 17.7 Å². The summed E-state index contributed by atoms with van der Waals surface area (Å²) in [4.78, 5) is 22.9. The Morgan fingerprint density at radius 2 is 2.03 bits per heavy atom. The van der Waals surface area contributed by atoms with E-state index in [0.717, 1.165) is 11.3 Å². The second-order valence-corrected chi connectivity index (χ2v) is 7.30. The van der Waals surface area contributed by atoms with E-state index in [1.165, 1.54) is 17.1 Å². The summed E-state index contributed by atoms with van der Waals surface area (Å²) in [6.07, 6.45) is 1.84. The van der Waals surface area contributed by atoms with Crippen LogP contribution in [0, 0.1) is 10.1 Å². The van der Waals surface area contributed by atoms with Crippen LogP contribution in [0.4, 0.5) is 11.4 Å². The van der Waals surface area contributed by atoms with Crippen molar-refractivity contribution in [3.05, 3.63) is 76.0 Å². The molecule has 2 atom stereocenters. The molecule has 9 heteroatoms. The Morgan fingerprint density at radius 3 is 2.76 bits per heavy atom. The fourth-order valence-electron chi connectivity index (χ4n) is 3.92. The van der Waals surface area contributed by atoms with Crippen LogP contribution in [0.1, 0.15) is 17.5 Å². The first kappa shape index (κ1) is 18.9. The first-order chi connectivity index (χ1) is 13.9. The average Bonchev–Trinajstić information content (AvgIpc) is 3.24. The summed E-state index contributed by atoms with van der Waals surface area (Å²) >= 11 is 0. The first-order valence-corrected chi connectivity index (χ1v) is 9.15. The Bertz CT molecular complexity index is 991. The van der Waals surface area contributed by atoms with Crippen LogP contribution in [0.5, 0.6) is 0 Å². The van der Waals surface area contributed by atoms with Crippen molar-refractivity contribution in [3.8, 4) is 0 Å². The standard InChI is InChI=1S/C20H21N5O4/c21-17(13-5-7-14(8-6-13)25(27)28)11-24(22)10-15-9-20(12-29-15)16-3-1-2-4-18(16)23-19(20)26/h1-8,11,15H,9-10,12,21-22H2,(H,23,26)/b17-11-. The number of rotatable bonds is 5. The number of anilines is 1. The monoisotopic (exact) mass is 395 g/mol. The Kier molecular flexibility index (Phi) is 4.69. The van der Waals surface area contributed by atoms with Gasteiger partial charge in [-0.25, -0.2) is 5.84 Å². The third kappa shape index (κ3) is 3.41. The Hall–Kier alpha value is -3.43. The minimum absolute atomic E-state index is 0.00840. The Morgan fingerprint density at radius 1 is 1.31 bits per heavy atom. The molecule has 2 aromatic rings. The van der Waals surface area contributed by atoms with E-state index in [1.54, 1.807) is 18.3 Å². The van der Waals surface area contributed by atoms with E-state index in [1.807, 2.05) is 24.3 Å². The highest BCUT2D eigenvalue weighted by Gasteiger charge is 2.52. The molecule has 2 aliphatic heterocycles. The van der Waals surface area contributed by atoms with Crippen molar-refractivity contribution in [2.24, 2.45) is 11.6 Å². The first-order valence-electron chi connectivity index (χ1n) is 9.15. The zero-order valence-corrected chi connectivity index (χ0v) is 15.6. The van der Waals surface area contributed by atoms with Crippen LogP contribution in [0.2, 0.25) is 0 Å². The van der Waals surface area contributed by atoms with E-state index >= 15 is 0 Å². The van der Waals surface area contributed by atoms with E-state index in [9.17, 15) is 14.9 Å². The maximum Gasteiger partial charge on any atom is 0.269 e. The highest BCUT2D eigenvalue weighted by atomic mass is 16.6. The van der Waals surface area contributed by atoms with Gasteiger partial charge in [-0.15, -0.1) is 0 Å². The number of hydrogen-bond donors (Lipinski definition) is 3. The van der Waals surface area contributed by atoms with Crippen molar-refractivity contribution in [3.63, 3.8) is 0 Å². The van der Waals surface area contributed by atoms with E-state index in [0.29, 0.717) is 30.8 Å². The van der Waals surface area contributed by atoms with E-state index in [2.05, 4.69) is 5.32 Å². The van der Waals surface area contributed by atoms with Gasteiger partial charge in [0.1, 0.15) is 5.41 Å². The van der Waals surface area contributed by atoms with Crippen LogP contribution in [-0.2, 0) is 14.9 Å². The van der Waals surface area contributed by atoms with Gasteiger partial charge in [0, 0.05) is 24.0 Å². The summed E-state index contributed by atoms with van der Waals surface area (Å²) in [6, 6.07) is 13.5. The molecule has 0 radical (unpaired) electrons. The van der Waals surface area contributed by atoms with Gasteiger partial charge in [-0.05, 0) is 35.7 Å². The normalized spacial score (nSPS) is 23.1. The second kappa shape index (κ2) is 7.19. The number of nitro groups is 1. The van der Waals surface area contributed by atoms with Crippen LogP contribution in [-0.4, -0.2) is 35.1 Å². The van der Waals surface area contributed by atoms with Gasteiger partial charge < -0.3 is 20.8 Å². The van der Waals surface area contributed by atoms with Crippen LogP contribution < -0.4 is 16.9 Å². The van der Waals surface area contributed by atoms with E-state index < -0.39 is 10.3 Å². The molecule has 0 aliphatic carbocycles. The molecule has 2 heterocycles. The zero-order valence-electron chi connectivity index (χ0n) is 15.6. The molecule has 0 aromatic heterocycles. The van der Waals surface area contributed by atoms with Crippen LogP contribution in [0.25, 0.3) is 5.70 Å². The largest absolute Gasteiger partial charge is 0.397 e. The Labute approximate surface area is 167 Å². The lowest BCUT2D eigenvalue weighted by molar-refractivity contribution is -0.384. The molecule has 0 bridgehead atoms. The summed E-state index contributed by atoms with van der Waals surface area (Å²) in [5.41, 5.74) is 8.15. The average molecular weight is 395 g/mol. The molecule has 1 amide bonds. The third-order valence-corrected chi connectivity index (χ3v) is 5.40. The van der Waals surface area contributed by atoms with Crippen molar-refractivity contribution in [2.75, 3.05) is 18.5 Å². The van der Waals surface area contributed by atoms with Crippen LogP contribution in [0.3, 0.4) is 0 Å². The second-order valence-electron chi connectivity index (χ2n) is 7.30. The predicted molar refractivity (Wildman–Crippen MR) is 107 cm³/mol. The number of nitrogens with one attached hydrogen (secondary N) is 1. The molecule has 2 aliphatic rings. The van der Waals surface area contributed by atoms with E-state index in [4.69, 9.17) is 16.3 Å².